The van der Waals surface area contributed by atoms with Gasteiger partial charge in [-0.3, -0.25) is 4.79 Å². The van der Waals surface area contributed by atoms with Crippen LogP contribution < -0.4 is 5.32 Å². The Morgan fingerprint density at radius 1 is 1.56 bits per heavy atom. The van der Waals surface area contributed by atoms with Crippen molar-refractivity contribution in [3.63, 3.8) is 0 Å². The summed E-state index contributed by atoms with van der Waals surface area (Å²) in [6.45, 7) is 4.71. The van der Waals surface area contributed by atoms with E-state index in [4.69, 9.17) is 0 Å². The van der Waals surface area contributed by atoms with Crippen molar-refractivity contribution in [1.29, 1.82) is 0 Å². The van der Waals surface area contributed by atoms with Gasteiger partial charge in [0.05, 0.1) is 5.69 Å². The Morgan fingerprint density at radius 2 is 2.44 bits per heavy atom. The van der Waals surface area contributed by atoms with Gasteiger partial charge >= 0.3 is 0 Å². The van der Waals surface area contributed by atoms with E-state index in [2.05, 4.69) is 14.9 Å². The molecule has 16 heavy (non-hydrogen) atoms. The van der Waals surface area contributed by atoms with Gasteiger partial charge in [0.2, 0.25) is 0 Å². The fourth-order valence-electron chi connectivity index (χ4n) is 2.66. The van der Waals surface area contributed by atoms with E-state index in [1.165, 1.54) is 11.5 Å². The Bertz CT molecular complexity index is 419. The molecule has 3 heterocycles. The second-order valence-corrected chi connectivity index (χ2v) is 5.21. The van der Waals surface area contributed by atoms with Gasteiger partial charge in [-0.1, -0.05) is 4.49 Å². The molecule has 2 fully saturated rings. The zero-order valence-electron chi connectivity index (χ0n) is 9.14. The van der Waals surface area contributed by atoms with Crippen LogP contribution in [-0.2, 0) is 0 Å². The largest absolute Gasteiger partial charge is 0.333 e. The normalized spacial score (nSPS) is 28.4. The van der Waals surface area contributed by atoms with Crippen molar-refractivity contribution in [1.82, 2.24) is 19.8 Å². The van der Waals surface area contributed by atoms with E-state index in [1.807, 2.05) is 11.8 Å². The minimum absolute atomic E-state index is 0.115. The lowest BCUT2D eigenvalue weighted by molar-refractivity contribution is 0.0741. The number of rotatable bonds is 1. The SMILES string of the molecule is Cc1nnsc1C(=O)N1CC[C@H]2CNC[C@H]21. The number of carbonyl (C=O) groups is 1. The van der Waals surface area contributed by atoms with E-state index >= 15 is 0 Å². The average molecular weight is 238 g/mol. The predicted molar refractivity (Wildman–Crippen MR) is 60.4 cm³/mol. The lowest BCUT2D eigenvalue weighted by atomic mass is 10.1. The summed E-state index contributed by atoms with van der Waals surface area (Å²) in [5, 5.41) is 7.25. The van der Waals surface area contributed by atoms with Crippen molar-refractivity contribution in [2.24, 2.45) is 5.92 Å². The molecule has 0 aromatic carbocycles. The minimum atomic E-state index is 0.115. The van der Waals surface area contributed by atoms with Crippen LogP contribution in [0.15, 0.2) is 0 Å². The highest BCUT2D eigenvalue weighted by Gasteiger charge is 2.40. The van der Waals surface area contributed by atoms with Crippen LogP contribution in [0.1, 0.15) is 21.8 Å². The number of carbonyl (C=O) groups excluding carboxylic acids is 1. The fraction of sp³-hybridized carbons (Fsp3) is 0.700. The minimum Gasteiger partial charge on any atom is -0.333 e. The molecule has 0 spiro atoms. The molecule has 0 aliphatic carbocycles. The van der Waals surface area contributed by atoms with Crippen molar-refractivity contribution in [3.8, 4) is 0 Å². The highest BCUT2D eigenvalue weighted by atomic mass is 32.1. The van der Waals surface area contributed by atoms with Gasteiger partial charge in [-0.2, -0.15) is 0 Å². The van der Waals surface area contributed by atoms with Gasteiger partial charge in [-0.15, -0.1) is 5.10 Å². The number of likely N-dealkylation sites (tertiary alicyclic amines) is 1. The van der Waals surface area contributed by atoms with Gasteiger partial charge in [0, 0.05) is 25.7 Å². The van der Waals surface area contributed by atoms with E-state index in [-0.39, 0.29) is 5.91 Å². The van der Waals surface area contributed by atoms with Gasteiger partial charge in [-0.25, -0.2) is 0 Å². The zero-order valence-corrected chi connectivity index (χ0v) is 9.96. The maximum absolute atomic E-state index is 12.3. The Kier molecular flexibility index (Phi) is 2.40. The number of hydrogen-bond acceptors (Lipinski definition) is 5. The van der Waals surface area contributed by atoms with Crippen LogP contribution in [0, 0.1) is 12.8 Å². The first-order valence-electron chi connectivity index (χ1n) is 5.58. The van der Waals surface area contributed by atoms with Gasteiger partial charge in [-0.05, 0) is 30.8 Å². The highest BCUT2D eigenvalue weighted by Crippen LogP contribution is 2.29. The summed E-state index contributed by atoms with van der Waals surface area (Å²) < 4.78 is 3.83. The highest BCUT2D eigenvalue weighted by molar-refractivity contribution is 7.07. The summed E-state index contributed by atoms with van der Waals surface area (Å²) >= 11 is 1.21. The molecule has 2 aliphatic heterocycles. The Morgan fingerprint density at radius 3 is 3.19 bits per heavy atom. The first-order valence-corrected chi connectivity index (χ1v) is 6.35. The molecule has 2 aliphatic rings. The second kappa shape index (κ2) is 3.78. The van der Waals surface area contributed by atoms with Crippen molar-refractivity contribution >= 4 is 17.4 Å². The third-order valence-electron chi connectivity index (χ3n) is 3.55. The smallest absolute Gasteiger partial charge is 0.267 e. The molecular formula is C10H14N4OS. The molecule has 6 heteroatoms. The van der Waals surface area contributed by atoms with Gasteiger partial charge in [0.15, 0.2) is 0 Å². The molecule has 0 unspecified atom stereocenters. The van der Waals surface area contributed by atoms with Crippen LogP contribution in [0.3, 0.4) is 0 Å². The van der Waals surface area contributed by atoms with Crippen LogP contribution in [0.2, 0.25) is 0 Å². The van der Waals surface area contributed by atoms with Gasteiger partial charge in [0.25, 0.3) is 5.91 Å². The lowest BCUT2D eigenvalue weighted by Crippen LogP contribution is -2.38. The molecule has 0 bridgehead atoms. The third kappa shape index (κ3) is 1.44. The average Bonchev–Trinajstić information content (AvgIpc) is 2.90. The number of aromatic nitrogens is 2. The molecule has 1 aromatic rings. The summed E-state index contributed by atoms with van der Waals surface area (Å²) in [5.74, 6) is 0.758. The quantitative estimate of drug-likeness (QED) is 0.763. The lowest BCUT2D eigenvalue weighted by Gasteiger charge is -2.22. The summed E-state index contributed by atoms with van der Waals surface area (Å²) in [7, 11) is 0. The maximum atomic E-state index is 12.3. The molecule has 0 radical (unpaired) electrons. The summed E-state index contributed by atoms with van der Waals surface area (Å²) in [6.07, 6.45) is 1.12. The van der Waals surface area contributed by atoms with E-state index in [0.717, 1.165) is 31.7 Å². The van der Waals surface area contributed by atoms with Crippen LogP contribution in [0.25, 0.3) is 0 Å². The molecule has 2 saturated heterocycles. The number of aryl methyl sites for hydroxylation is 1. The monoisotopic (exact) mass is 238 g/mol. The van der Waals surface area contributed by atoms with E-state index < -0.39 is 0 Å². The number of fused-ring (bicyclic) bond motifs is 1. The Hall–Kier alpha value is -1.01. The number of nitrogens with zero attached hydrogens (tertiary/aromatic N) is 3. The van der Waals surface area contributed by atoms with Crippen LogP contribution >= 0.6 is 11.5 Å². The Balaban J connectivity index is 1.83. The molecule has 5 nitrogen and oxygen atoms in total. The Labute approximate surface area is 98.0 Å². The molecule has 86 valence electrons. The number of hydrogen-bond donors (Lipinski definition) is 1. The summed E-state index contributed by atoms with van der Waals surface area (Å²) in [5.41, 5.74) is 0.754. The van der Waals surface area contributed by atoms with Crippen molar-refractivity contribution < 1.29 is 4.79 Å². The molecule has 1 amide bonds. The number of nitrogens with one attached hydrogen (secondary N) is 1. The van der Waals surface area contributed by atoms with Crippen molar-refractivity contribution in [2.45, 2.75) is 19.4 Å². The molecule has 3 rings (SSSR count). The van der Waals surface area contributed by atoms with Crippen LogP contribution in [0.5, 0.6) is 0 Å². The number of amides is 1. The van der Waals surface area contributed by atoms with E-state index in [0.29, 0.717) is 16.8 Å². The molecule has 2 atom stereocenters. The molecule has 1 N–H and O–H groups in total. The van der Waals surface area contributed by atoms with Crippen molar-refractivity contribution in [3.05, 3.63) is 10.6 Å². The summed E-state index contributed by atoms with van der Waals surface area (Å²) in [6, 6.07) is 0.383. The summed E-state index contributed by atoms with van der Waals surface area (Å²) in [4.78, 5) is 15.0. The fourth-order valence-corrected chi connectivity index (χ4v) is 3.27. The molecule has 1 aromatic heterocycles. The topological polar surface area (TPSA) is 58.1 Å². The predicted octanol–water partition coefficient (Wildman–Crippen LogP) is 0.280. The van der Waals surface area contributed by atoms with Gasteiger partial charge in [0.1, 0.15) is 4.88 Å². The first kappa shape index (κ1) is 10.2. The van der Waals surface area contributed by atoms with Crippen LogP contribution in [-0.4, -0.2) is 46.1 Å². The third-order valence-corrected chi connectivity index (χ3v) is 4.37. The van der Waals surface area contributed by atoms with Gasteiger partial charge < -0.3 is 10.2 Å². The molecular weight excluding hydrogens is 224 g/mol. The van der Waals surface area contributed by atoms with E-state index in [9.17, 15) is 4.79 Å². The van der Waals surface area contributed by atoms with Crippen LogP contribution in [0.4, 0.5) is 0 Å². The van der Waals surface area contributed by atoms with E-state index in [1.54, 1.807) is 0 Å². The van der Waals surface area contributed by atoms with Crippen molar-refractivity contribution in [2.75, 3.05) is 19.6 Å². The second-order valence-electron chi connectivity index (χ2n) is 4.46. The first-order chi connectivity index (χ1) is 7.77. The standard InChI is InChI=1S/C10H14N4OS/c1-6-9(16-13-12-6)10(15)14-3-2-7-4-11-5-8(7)14/h7-8,11H,2-5H2,1H3/t7-,8+/m0/s1. The zero-order chi connectivity index (χ0) is 11.1. The molecule has 0 saturated carbocycles. The maximum Gasteiger partial charge on any atom is 0.267 e.